The van der Waals surface area contributed by atoms with E-state index in [4.69, 9.17) is 4.98 Å². The van der Waals surface area contributed by atoms with Gasteiger partial charge in [-0.3, -0.25) is 4.90 Å². The highest BCUT2D eigenvalue weighted by molar-refractivity contribution is 5.43. The van der Waals surface area contributed by atoms with Crippen molar-refractivity contribution in [2.45, 2.75) is 69.9 Å². The van der Waals surface area contributed by atoms with Crippen molar-refractivity contribution >= 4 is 11.8 Å². The zero-order valence-corrected chi connectivity index (χ0v) is 16.7. The monoisotopic (exact) mass is 372 g/mol. The lowest BCUT2D eigenvalue weighted by Gasteiger charge is -2.35. The van der Waals surface area contributed by atoms with Crippen LogP contribution in [0.2, 0.25) is 0 Å². The number of hydrogen-bond acceptors (Lipinski definition) is 6. The van der Waals surface area contributed by atoms with E-state index in [1.54, 1.807) is 0 Å². The summed E-state index contributed by atoms with van der Waals surface area (Å²) in [6.07, 6.45) is 13.6. The van der Waals surface area contributed by atoms with Crippen molar-refractivity contribution in [2.24, 2.45) is 0 Å². The summed E-state index contributed by atoms with van der Waals surface area (Å²) < 4.78 is 0. The third-order valence-corrected chi connectivity index (χ3v) is 6.43. The van der Waals surface area contributed by atoms with Crippen molar-refractivity contribution < 1.29 is 0 Å². The molecule has 3 aliphatic rings. The first kappa shape index (κ1) is 18.9. The highest BCUT2D eigenvalue weighted by Crippen LogP contribution is 2.22. The average Bonchev–Trinajstić information content (AvgIpc) is 3.12. The average molecular weight is 373 g/mol. The van der Waals surface area contributed by atoms with E-state index in [-0.39, 0.29) is 0 Å². The van der Waals surface area contributed by atoms with Crippen molar-refractivity contribution in [1.29, 1.82) is 0 Å². The van der Waals surface area contributed by atoms with Gasteiger partial charge in [-0.2, -0.15) is 4.98 Å². The summed E-state index contributed by atoms with van der Waals surface area (Å²) in [6, 6.07) is 3.28. The lowest BCUT2D eigenvalue weighted by atomic mass is 10.0. The molecule has 0 bridgehead atoms. The van der Waals surface area contributed by atoms with Crippen LogP contribution in [0.3, 0.4) is 0 Å². The molecule has 0 spiro atoms. The molecule has 1 atom stereocenters. The van der Waals surface area contributed by atoms with E-state index < -0.39 is 0 Å². The van der Waals surface area contributed by atoms with Gasteiger partial charge in [-0.05, 0) is 64.2 Å². The Morgan fingerprint density at radius 3 is 2.52 bits per heavy atom. The highest BCUT2D eigenvalue weighted by atomic mass is 15.2. The van der Waals surface area contributed by atoms with Gasteiger partial charge in [0, 0.05) is 37.9 Å². The van der Waals surface area contributed by atoms with E-state index >= 15 is 0 Å². The molecule has 3 aliphatic heterocycles. The van der Waals surface area contributed by atoms with Gasteiger partial charge in [0.2, 0.25) is 5.95 Å². The summed E-state index contributed by atoms with van der Waals surface area (Å²) in [4.78, 5) is 14.6. The van der Waals surface area contributed by atoms with Crippen LogP contribution in [0.4, 0.5) is 11.8 Å². The van der Waals surface area contributed by atoms with Crippen LogP contribution in [0.5, 0.6) is 0 Å². The van der Waals surface area contributed by atoms with E-state index in [2.05, 4.69) is 31.5 Å². The summed E-state index contributed by atoms with van der Waals surface area (Å²) >= 11 is 0. The fourth-order valence-corrected chi connectivity index (χ4v) is 4.87. The molecule has 2 N–H and O–H groups in total. The molecule has 27 heavy (non-hydrogen) atoms. The fraction of sp³-hybridized carbons (Fsp3) is 0.810. The Hall–Kier alpha value is -1.40. The number of anilines is 2. The van der Waals surface area contributed by atoms with Crippen LogP contribution in [0, 0.1) is 0 Å². The predicted molar refractivity (Wildman–Crippen MR) is 111 cm³/mol. The van der Waals surface area contributed by atoms with Crippen LogP contribution in [-0.2, 0) is 0 Å². The summed E-state index contributed by atoms with van der Waals surface area (Å²) in [5.41, 5.74) is 0. The molecule has 0 amide bonds. The maximum absolute atomic E-state index is 4.88. The molecule has 6 nitrogen and oxygen atoms in total. The number of piperidine rings is 1. The van der Waals surface area contributed by atoms with Gasteiger partial charge in [0.05, 0.1) is 0 Å². The molecule has 4 heterocycles. The van der Waals surface area contributed by atoms with Gasteiger partial charge in [-0.25, -0.2) is 4.98 Å². The second-order valence-electron chi connectivity index (χ2n) is 8.45. The summed E-state index contributed by atoms with van der Waals surface area (Å²) in [5, 5.41) is 7.17. The van der Waals surface area contributed by atoms with Crippen molar-refractivity contribution in [1.82, 2.24) is 20.2 Å². The fourth-order valence-electron chi connectivity index (χ4n) is 4.87. The lowest BCUT2D eigenvalue weighted by molar-refractivity contribution is 0.164. The van der Waals surface area contributed by atoms with E-state index in [1.165, 1.54) is 77.4 Å². The molecule has 1 aromatic heterocycles. The van der Waals surface area contributed by atoms with Gasteiger partial charge in [0.1, 0.15) is 5.82 Å². The van der Waals surface area contributed by atoms with Gasteiger partial charge < -0.3 is 15.5 Å². The van der Waals surface area contributed by atoms with E-state index in [0.29, 0.717) is 6.04 Å². The van der Waals surface area contributed by atoms with Crippen molar-refractivity contribution in [3.63, 3.8) is 0 Å². The molecule has 4 rings (SSSR count). The molecule has 150 valence electrons. The van der Waals surface area contributed by atoms with Gasteiger partial charge in [0.15, 0.2) is 0 Å². The van der Waals surface area contributed by atoms with E-state index in [9.17, 15) is 0 Å². The molecular weight excluding hydrogens is 336 g/mol. The zero-order chi connectivity index (χ0) is 18.3. The number of hydrogen-bond donors (Lipinski definition) is 2. The second kappa shape index (κ2) is 9.69. The van der Waals surface area contributed by atoms with Gasteiger partial charge in [-0.1, -0.05) is 19.3 Å². The normalized spacial score (nSPS) is 26.4. The van der Waals surface area contributed by atoms with Crippen LogP contribution in [0.1, 0.15) is 57.8 Å². The Kier molecular flexibility index (Phi) is 6.80. The van der Waals surface area contributed by atoms with Crippen LogP contribution < -0.4 is 15.5 Å². The van der Waals surface area contributed by atoms with Gasteiger partial charge in [-0.15, -0.1) is 0 Å². The number of nitrogens with zero attached hydrogens (tertiary/aromatic N) is 4. The smallest absolute Gasteiger partial charge is 0.224 e. The van der Waals surface area contributed by atoms with Crippen LogP contribution in [-0.4, -0.2) is 66.2 Å². The Labute approximate surface area is 164 Å². The van der Waals surface area contributed by atoms with Crippen LogP contribution in [0.15, 0.2) is 12.3 Å². The number of nitrogens with one attached hydrogen (secondary N) is 2. The highest BCUT2D eigenvalue weighted by Gasteiger charge is 2.26. The van der Waals surface area contributed by atoms with Gasteiger partial charge in [0.25, 0.3) is 0 Å². The lowest BCUT2D eigenvalue weighted by Crippen LogP contribution is -2.46. The third-order valence-electron chi connectivity index (χ3n) is 6.43. The molecule has 0 aromatic carbocycles. The largest absolute Gasteiger partial charge is 0.356 e. The van der Waals surface area contributed by atoms with Crippen molar-refractivity contribution in [3.8, 4) is 0 Å². The molecule has 3 fully saturated rings. The van der Waals surface area contributed by atoms with Crippen LogP contribution in [0.25, 0.3) is 0 Å². The first-order chi connectivity index (χ1) is 13.4. The molecule has 0 radical (unpaired) electrons. The number of aromatic nitrogens is 2. The molecule has 1 unspecified atom stereocenters. The molecule has 1 aromatic rings. The molecule has 6 heteroatoms. The van der Waals surface area contributed by atoms with Crippen molar-refractivity contribution in [3.05, 3.63) is 12.3 Å². The minimum Gasteiger partial charge on any atom is -0.356 e. The summed E-state index contributed by atoms with van der Waals surface area (Å²) in [7, 11) is 0. The minimum absolute atomic E-state index is 0.460. The standard InChI is InChI=1S/C21H36N6/c1-2-5-15-26(14-4-1)20-10-13-23-21(25-20)24-18-7-3-6-16-27(17-18)19-8-11-22-12-9-19/h10,13,18-19,22H,1-9,11-12,14-17H2,(H,23,24,25). The Morgan fingerprint density at radius 2 is 1.70 bits per heavy atom. The second-order valence-corrected chi connectivity index (χ2v) is 8.45. The predicted octanol–water partition coefficient (Wildman–Crippen LogP) is 2.88. The number of likely N-dealkylation sites (tertiary alicyclic amines) is 1. The third kappa shape index (κ3) is 5.32. The minimum atomic E-state index is 0.460. The zero-order valence-electron chi connectivity index (χ0n) is 16.7. The Morgan fingerprint density at radius 1 is 0.926 bits per heavy atom. The maximum Gasteiger partial charge on any atom is 0.224 e. The molecule has 3 saturated heterocycles. The quantitative estimate of drug-likeness (QED) is 0.848. The van der Waals surface area contributed by atoms with Crippen LogP contribution >= 0.6 is 0 Å². The Balaban J connectivity index is 1.39. The summed E-state index contributed by atoms with van der Waals surface area (Å²) in [6.45, 7) is 6.97. The topological polar surface area (TPSA) is 56.3 Å². The van der Waals surface area contributed by atoms with E-state index in [0.717, 1.165) is 37.4 Å². The molecule has 0 aliphatic carbocycles. The van der Waals surface area contributed by atoms with E-state index in [1.807, 2.05) is 6.20 Å². The SMILES string of the molecule is c1cc(N2CCCCCC2)nc(NC2CCCCN(C3CCNCC3)C2)n1. The molecule has 0 saturated carbocycles. The first-order valence-electron chi connectivity index (χ1n) is 11.2. The van der Waals surface area contributed by atoms with Crippen molar-refractivity contribution in [2.75, 3.05) is 49.5 Å². The number of rotatable bonds is 4. The van der Waals surface area contributed by atoms with Gasteiger partial charge >= 0.3 is 0 Å². The first-order valence-corrected chi connectivity index (χ1v) is 11.2. The summed E-state index contributed by atoms with van der Waals surface area (Å²) in [5.74, 6) is 1.91. The Bertz CT molecular complexity index is 566. The maximum atomic E-state index is 4.88. The molecular formula is C21H36N6.